The topological polar surface area (TPSA) is 59.0 Å². The van der Waals surface area contributed by atoms with Crippen molar-refractivity contribution in [2.45, 2.75) is 12.7 Å². The molecule has 0 radical (unpaired) electrons. The van der Waals surface area contributed by atoms with Gasteiger partial charge >= 0.3 is 12.3 Å². The number of alkyl halides is 3. The molecule has 0 saturated heterocycles. The summed E-state index contributed by atoms with van der Waals surface area (Å²) in [6.45, 7) is -1.61. The highest BCUT2D eigenvalue weighted by atomic mass is 19.4. The molecule has 0 aromatic heterocycles. The van der Waals surface area contributed by atoms with Crippen LogP contribution < -0.4 is 4.74 Å². The van der Waals surface area contributed by atoms with Crippen LogP contribution >= 0.6 is 0 Å². The quantitative estimate of drug-likeness (QED) is 0.926. The van der Waals surface area contributed by atoms with E-state index in [2.05, 4.69) is 4.74 Å². The minimum absolute atomic E-state index is 0.0212. The van der Waals surface area contributed by atoms with Crippen LogP contribution in [0.5, 0.6) is 11.5 Å². The zero-order valence-electron chi connectivity index (χ0n) is 10.9. The Bertz CT molecular complexity index is 476. The summed E-state index contributed by atoms with van der Waals surface area (Å²) in [7, 11) is 2.66. The Hall–Kier alpha value is -2.12. The molecule has 20 heavy (non-hydrogen) atoms. The van der Waals surface area contributed by atoms with Crippen molar-refractivity contribution in [1.82, 2.24) is 4.90 Å². The number of phenolic OH excluding ortho intramolecular Hbond substituents is 1. The number of carbonyl (C=O) groups is 1. The highest BCUT2D eigenvalue weighted by Crippen LogP contribution is 2.26. The summed E-state index contributed by atoms with van der Waals surface area (Å²) in [6.07, 6.45) is -5.65. The first-order valence-electron chi connectivity index (χ1n) is 5.53. The second-order valence-electron chi connectivity index (χ2n) is 4.03. The molecule has 1 aromatic rings. The van der Waals surface area contributed by atoms with Crippen LogP contribution in [0.15, 0.2) is 18.2 Å². The van der Waals surface area contributed by atoms with Crippen molar-refractivity contribution >= 4 is 6.09 Å². The maximum absolute atomic E-state index is 11.9. The minimum atomic E-state index is -4.56. The van der Waals surface area contributed by atoms with Crippen LogP contribution in [0.25, 0.3) is 0 Å². The van der Waals surface area contributed by atoms with Gasteiger partial charge in [0.15, 0.2) is 18.1 Å². The van der Waals surface area contributed by atoms with Crippen LogP contribution in [0.3, 0.4) is 0 Å². The molecular weight excluding hydrogens is 279 g/mol. The Morgan fingerprint density at radius 3 is 2.60 bits per heavy atom. The third-order valence-corrected chi connectivity index (χ3v) is 2.33. The zero-order chi connectivity index (χ0) is 15.3. The van der Waals surface area contributed by atoms with Crippen molar-refractivity contribution in [2.75, 3.05) is 20.8 Å². The number of ether oxygens (including phenoxy) is 2. The largest absolute Gasteiger partial charge is 0.504 e. The Kier molecular flexibility index (Phi) is 5.06. The Morgan fingerprint density at radius 2 is 2.05 bits per heavy atom. The first kappa shape index (κ1) is 15.9. The standard InChI is InChI=1S/C12H14F3NO4/c1-16(11(18)20-7-12(13,14)15)6-8-3-4-9(17)10(5-8)19-2/h3-5,17H,6-7H2,1-2H3. The van der Waals surface area contributed by atoms with E-state index < -0.39 is 18.9 Å². The number of carbonyl (C=O) groups excluding carboxylic acids is 1. The number of methoxy groups -OCH3 is 1. The molecule has 0 aliphatic rings. The van der Waals surface area contributed by atoms with Crippen LogP contribution in [-0.4, -0.2) is 43.0 Å². The van der Waals surface area contributed by atoms with Crippen LogP contribution in [0.4, 0.5) is 18.0 Å². The molecular formula is C12H14F3NO4. The molecule has 0 heterocycles. The normalized spacial score (nSPS) is 11.1. The van der Waals surface area contributed by atoms with Gasteiger partial charge in [-0.05, 0) is 17.7 Å². The van der Waals surface area contributed by atoms with E-state index in [0.29, 0.717) is 5.56 Å². The zero-order valence-corrected chi connectivity index (χ0v) is 10.9. The summed E-state index contributed by atoms with van der Waals surface area (Å²) < 4.78 is 44.7. The van der Waals surface area contributed by atoms with Crippen molar-refractivity contribution in [3.63, 3.8) is 0 Å². The van der Waals surface area contributed by atoms with Crippen LogP contribution in [0.1, 0.15) is 5.56 Å². The number of phenols is 1. The molecule has 1 rings (SSSR count). The summed E-state index contributed by atoms with van der Waals surface area (Å²) in [4.78, 5) is 12.3. The fourth-order valence-corrected chi connectivity index (χ4v) is 1.41. The van der Waals surface area contributed by atoms with E-state index in [1.165, 1.54) is 32.4 Å². The lowest BCUT2D eigenvalue weighted by molar-refractivity contribution is -0.162. The van der Waals surface area contributed by atoms with E-state index in [9.17, 15) is 23.1 Å². The Balaban J connectivity index is 2.61. The molecule has 5 nitrogen and oxygen atoms in total. The summed E-state index contributed by atoms with van der Waals surface area (Å²) in [5.41, 5.74) is 0.575. The highest BCUT2D eigenvalue weighted by molar-refractivity contribution is 5.67. The molecule has 0 aliphatic carbocycles. The van der Waals surface area contributed by atoms with E-state index in [1.54, 1.807) is 0 Å². The molecule has 0 spiro atoms. The van der Waals surface area contributed by atoms with E-state index in [0.717, 1.165) is 4.90 Å². The number of aromatic hydroxyl groups is 1. The van der Waals surface area contributed by atoms with Gasteiger partial charge in [-0.25, -0.2) is 4.79 Å². The number of nitrogens with zero attached hydrogens (tertiary/aromatic N) is 1. The third-order valence-electron chi connectivity index (χ3n) is 2.33. The van der Waals surface area contributed by atoms with Crippen LogP contribution in [0.2, 0.25) is 0 Å². The molecule has 112 valence electrons. The third kappa shape index (κ3) is 4.87. The second-order valence-corrected chi connectivity index (χ2v) is 4.03. The number of benzene rings is 1. The van der Waals surface area contributed by atoms with Gasteiger partial charge in [-0.3, -0.25) is 0 Å². The van der Waals surface area contributed by atoms with Crippen molar-refractivity contribution in [3.8, 4) is 11.5 Å². The van der Waals surface area contributed by atoms with E-state index in [4.69, 9.17) is 4.74 Å². The molecule has 1 amide bonds. The molecule has 1 N–H and O–H groups in total. The fraction of sp³-hybridized carbons (Fsp3) is 0.417. The molecule has 1 aromatic carbocycles. The molecule has 0 fully saturated rings. The molecule has 0 bridgehead atoms. The van der Waals surface area contributed by atoms with Gasteiger partial charge in [0.25, 0.3) is 0 Å². The predicted molar refractivity (Wildman–Crippen MR) is 63.5 cm³/mol. The molecule has 0 unspecified atom stereocenters. The number of halogens is 3. The van der Waals surface area contributed by atoms with Gasteiger partial charge in [0.1, 0.15) is 0 Å². The van der Waals surface area contributed by atoms with Crippen molar-refractivity contribution in [1.29, 1.82) is 0 Å². The van der Waals surface area contributed by atoms with Gasteiger partial charge in [-0.2, -0.15) is 13.2 Å². The van der Waals surface area contributed by atoms with Gasteiger partial charge in [-0.1, -0.05) is 6.07 Å². The van der Waals surface area contributed by atoms with Gasteiger partial charge < -0.3 is 19.5 Å². The average molecular weight is 293 g/mol. The summed E-state index contributed by atoms with van der Waals surface area (Å²) >= 11 is 0. The Labute approximate surface area is 113 Å². The summed E-state index contributed by atoms with van der Waals surface area (Å²) in [5.74, 6) is 0.137. The maximum atomic E-state index is 11.9. The first-order chi connectivity index (χ1) is 9.23. The van der Waals surface area contributed by atoms with E-state index >= 15 is 0 Å². The second kappa shape index (κ2) is 6.36. The Morgan fingerprint density at radius 1 is 1.40 bits per heavy atom. The van der Waals surface area contributed by atoms with Crippen LogP contribution in [-0.2, 0) is 11.3 Å². The smallest absolute Gasteiger partial charge is 0.422 e. The summed E-state index contributed by atoms with van der Waals surface area (Å²) in [6, 6.07) is 4.36. The molecule has 0 atom stereocenters. The lowest BCUT2D eigenvalue weighted by atomic mass is 10.2. The van der Waals surface area contributed by atoms with Crippen molar-refractivity contribution < 1.29 is 32.5 Å². The fourth-order valence-electron chi connectivity index (χ4n) is 1.41. The van der Waals surface area contributed by atoms with Gasteiger partial charge in [0, 0.05) is 13.6 Å². The monoisotopic (exact) mass is 293 g/mol. The minimum Gasteiger partial charge on any atom is -0.504 e. The van der Waals surface area contributed by atoms with Crippen LogP contribution in [0, 0.1) is 0 Å². The molecule has 0 saturated carbocycles. The number of hydrogen-bond donors (Lipinski definition) is 1. The van der Waals surface area contributed by atoms with E-state index in [1.807, 2.05) is 0 Å². The summed E-state index contributed by atoms with van der Waals surface area (Å²) in [5, 5.41) is 9.40. The van der Waals surface area contributed by atoms with Gasteiger partial charge in [0.2, 0.25) is 0 Å². The van der Waals surface area contributed by atoms with Gasteiger partial charge in [0.05, 0.1) is 7.11 Å². The number of amides is 1. The first-order valence-corrected chi connectivity index (χ1v) is 5.53. The lowest BCUT2D eigenvalue weighted by Crippen LogP contribution is -2.30. The molecule has 8 heteroatoms. The van der Waals surface area contributed by atoms with E-state index in [-0.39, 0.29) is 18.0 Å². The lowest BCUT2D eigenvalue weighted by Gasteiger charge is -2.18. The average Bonchev–Trinajstić information content (AvgIpc) is 2.37. The van der Waals surface area contributed by atoms with Crippen molar-refractivity contribution in [2.24, 2.45) is 0 Å². The highest BCUT2D eigenvalue weighted by Gasteiger charge is 2.30. The molecule has 0 aliphatic heterocycles. The number of rotatable bonds is 4. The van der Waals surface area contributed by atoms with Crippen molar-refractivity contribution in [3.05, 3.63) is 23.8 Å². The number of hydrogen-bond acceptors (Lipinski definition) is 4. The van der Waals surface area contributed by atoms with Gasteiger partial charge in [-0.15, -0.1) is 0 Å². The SMILES string of the molecule is COc1cc(CN(C)C(=O)OCC(F)(F)F)ccc1O. The maximum Gasteiger partial charge on any atom is 0.422 e. The predicted octanol–water partition coefficient (Wildman–Crippen LogP) is 2.53.